The van der Waals surface area contributed by atoms with E-state index in [2.05, 4.69) is 0 Å². The van der Waals surface area contributed by atoms with Gasteiger partial charge in [-0.25, -0.2) is 4.79 Å². The van der Waals surface area contributed by atoms with Gasteiger partial charge in [0.25, 0.3) is 0 Å². The molecule has 4 aromatic rings. The summed E-state index contributed by atoms with van der Waals surface area (Å²) in [7, 11) is 0. The third-order valence-electron chi connectivity index (χ3n) is 4.96. The Morgan fingerprint density at radius 2 is 1.68 bits per heavy atom. The maximum Gasteiger partial charge on any atom is 0.450 e. The lowest BCUT2D eigenvalue weighted by atomic mass is 10.0. The summed E-state index contributed by atoms with van der Waals surface area (Å²) in [5.74, 6) is -2.26. The summed E-state index contributed by atoms with van der Waals surface area (Å²) >= 11 is 5.82. The van der Waals surface area contributed by atoms with E-state index in [-0.39, 0.29) is 22.3 Å². The Balaban J connectivity index is 1.70. The second kappa shape index (κ2) is 9.19. The number of esters is 1. The van der Waals surface area contributed by atoms with Crippen molar-refractivity contribution in [2.45, 2.75) is 13.1 Å². The van der Waals surface area contributed by atoms with Crippen molar-refractivity contribution in [3.63, 3.8) is 0 Å². The maximum atomic E-state index is 13.8. The molecule has 0 fully saturated rings. The van der Waals surface area contributed by atoms with Crippen LogP contribution < -0.4 is 10.2 Å². The van der Waals surface area contributed by atoms with Gasteiger partial charge in [0.2, 0.25) is 11.2 Å². The van der Waals surface area contributed by atoms with Crippen LogP contribution in [0, 0.1) is 6.92 Å². The Hall–Kier alpha value is -3.84. The van der Waals surface area contributed by atoms with E-state index < -0.39 is 28.9 Å². The number of alkyl halides is 3. The Morgan fingerprint density at radius 3 is 2.32 bits per heavy atom. The van der Waals surface area contributed by atoms with E-state index in [9.17, 15) is 22.8 Å². The van der Waals surface area contributed by atoms with Crippen molar-refractivity contribution in [1.29, 1.82) is 0 Å². The second-order valence-electron chi connectivity index (χ2n) is 7.46. The average molecular weight is 485 g/mol. The number of aryl methyl sites for hydroxylation is 1. The van der Waals surface area contributed by atoms with E-state index in [0.717, 1.165) is 17.2 Å². The van der Waals surface area contributed by atoms with Gasteiger partial charge in [0.05, 0.1) is 10.9 Å². The predicted molar refractivity (Wildman–Crippen MR) is 124 cm³/mol. The number of carbonyl (C=O) groups excluding carboxylic acids is 1. The molecule has 0 unspecified atom stereocenters. The van der Waals surface area contributed by atoms with Crippen LogP contribution in [0.3, 0.4) is 0 Å². The molecule has 3 aromatic carbocycles. The highest BCUT2D eigenvalue weighted by Crippen LogP contribution is 2.38. The number of hydrogen-bond acceptors (Lipinski definition) is 4. The molecule has 4 nitrogen and oxygen atoms in total. The van der Waals surface area contributed by atoms with Crippen molar-refractivity contribution in [2.24, 2.45) is 0 Å². The van der Waals surface area contributed by atoms with Crippen LogP contribution in [-0.2, 0) is 11.0 Å². The lowest BCUT2D eigenvalue weighted by Gasteiger charge is -2.13. The topological polar surface area (TPSA) is 56.5 Å². The molecule has 34 heavy (non-hydrogen) atoms. The van der Waals surface area contributed by atoms with Crippen LogP contribution in [-0.4, -0.2) is 5.97 Å². The first kappa shape index (κ1) is 23.3. The van der Waals surface area contributed by atoms with E-state index in [1.54, 1.807) is 6.08 Å². The molecular weight excluding hydrogens is 469 g/mol. The zero-order valence-electron chi connectivity index (χ0n) is 17.7. The molecular formula is C26H16ClF3O4. The van der Waals surface area contributed by atoms with Crippen molar-refractivity contribution in [1.82, 2.24) is 0 Å². The van der Waals surface area contributed by atoms with Crippen molar-refractivity contribution >= 4 is 34.6 Å². The molecule has 0 N–H and O–H groups in total. The summed E-state index contributed by atoms with van der Waals surface area (Å²) in [6, 6.07) is 16.4. The van der Waals surface area contributed by atoms with Gasteiger partial charge in [0.15, 0.2) is 0 Å². The van der Waals surface area contributed by atoms with Crippen molar-refractivity contribution in [3.8, 4) is 16.9 Å². The molecule has 1 aromatic heterocycles. The van der Waals surface area contributed by atoms with Crippen molar-refractivity contribution < 1.29 is 27.1 Å². The van der Waals surface area contributed by atoms with Gasteiger partial charge in [0.1, 0.15) is 11.3 Å². The first-order chi connectivity index (χ1) is 16.1. The Labute approximate surface area is 196 Å². The molecule has 0 aliphatic carbocycles. The van der Waals surface area contributed by atoms with Gasteiger partial charge in [-0.1, -0.05) is 53.6 Å². The van der Waals surface area contributed by atoms with E-state index in [4.69, 9.17) is 20.8 Å². The van der Waals surface area contributed by atoms with Crippen LogP contribution in [0.25, 0.3) is 28.2 Å². The molecule has 0 spiro atoms. The molecule has 8 heteroatoms. The molecule has 1 heterocycles. The van der Waals surface area contributed by atoms with Crippen LogP contribution in [0.15, 0.2) is 82.0 Å². The molecule has 4 rings (SSSR count). The zero-order chi connectivity index (χ0) is 24.5. The number of halogens is 4. The van der Waals surface area contributed by atoms with E-state index in [1.165, 1.54) is 42.5 Å². The molecule has 0 amide bonds. The highest BCUT2D eigenvalue weighted by atomic mass is 35.5. The standard InChI is InChI=1S/C26H16ClF3O4/c1-15-2-4-16(5-3-15)6-13-22(31)33-19-11-12-20-21(14-19)34-25(26(28,29)30)23(24(20)32)17-7-9-18(27)10-8-17/h2-14H,1H3. The lowest BCUT2D eigenvalue weighted by molar-refractivity contribution is -0.152. The summed E-state index contributed by atoms with van der Waals surface area (Å²) in [6.07, 6.45) is -2.20. The van der Waals surface area contributed by atoms with Crippen molar-refractivity contribution in [2.75, 3.05) is 0 Å². The van der Waals surface area contributed by atoms with Crippen LogP contribution in [0.1, 0.15) is 16.9 Å². The molecule has 172 valence electrons. The molecule has 0 bridgehead atoms. The largest absolute Gasteiger partial charge is 0.450 e. The maximum absolute atomic E-state index is 13.8. The van der Waals surface area contributed by atoms with Gasteiger partial charge in [0, 0.05) is 17.2 Å². The fourth-order valence-corrected chi connectivity index (χ4v) is 3.43. The molecule has 0 aliphatic heterocycles. The fraction of sp³-hybridized carbons (Fsp3) is 0.0769. The Bertz CT molecular complexity index is 1450. The van der Waals surface area contributed by atoms with Gasteiger partial charge in [-0.3, -0.25) is 4.79 Å². The highest BCUT2D eigenvalue weighted by molar-refractivity contribution is 6.30. The number of benzene rings is 3. The fourth-order valence-electron chi connectivity index (χ4n) is 3.31. The molecule has 0 saturated carbocycles. The summed E-state index contributed by atoms with van der Waals surface area (Å²) in [4.78, 5) is 25.1. The van der Waals surface area contributed by atoms with Gasteiger partial charge in [-0.15, -0.1) is 0 Å². The third-order valence-corrected chi connectivity index (χ3v) is 5.21. The lowest BCUT2D eigenvalue weighted by Crippen LogP contribution is -2.16. The minimum absolute atomic E-state index is 0.0177. The summed E-state index contributed by atoms with van der Waals surface area (Å²) in [5.41, 5.74) is 0.00823. The molecule has 0 saturated heterocycles. The minimum Gasteiger partial charge on any atom is -0.450 e. The van der Waals surface area contributed by atoms with Gasteiger partial charge in [-0.05, 0) is 48.4 Å². The number of fused-ring (bicyclic) bond motifs is 1. The van der Waals surface area contributed by atoms with Gasteiger partial charge >= 0.3 is 12.1 Å². The smallest absolute Gasteiger partial charge is 0.450 e. The van der Waals surface area contributed by atoms with Crippen LogP contribution >= 0.6 is 11.6 Å². The second-order valence-corrected chi connectivity index (χ2v) is 7.90. The van der Waals surface area contributed by atoms with Crippen molar-refractivity contribution in [3.05, 3.63) is 105 Å². The van der Waals surface area contributed by atoms with Gasteiger partial charge < -0.3 is 9.15 Å². The predicted octanol–water partition coefficient (Wildman–Crippen LogP) is 7.06. The number of rotatable bonds is 4. The monoisotopic (exact) mass is 484 g/mol. The Kier molecular flexibility index (Phi) is 6.30. The zero-order valence-corrected chi connectivity index (χ0v) is 18.4. The molecule has 0 atom stereocenters. The van der Waals surface area contributed by atoms with E-state index in [1.807, 2.05) is 31.2 Å². The van der Waals surface area contributed by atoms with Crippen LogP contribution in [0.2, 0.25) is 5.02 Å². The average Bonchev–Trinajstić information content (AvgIpc) is 2.79. The summed E-state index contributed by atoms with van der Waals surface area (Å²) in [5, 5.41) is 0.221. The van der Waals surface area contributed by atoms with E-state index in [0.29, 0.717) is 5.02 Å². The first-order valence-corrected chi connectivity index (χ1v) is 10.4. The first-order valence-electron chi connectivity index (χ1n) is 10.0. The number of carbonyl (C=O) groups is 1. The molecule has 0 radical (unpaired) electrons. The SMILES string of the molecule is Cc1ccc(C=CC(=O)Oc2ccc3c(=O)c(-c4ccc(Cl)cc4)c(C(F)(F)F)oc3c2)cc1. The molecule has 0 aliphatic rings. The third kappa shape index (κ3) is 5.05. The summed E-state index contributed by atoms with van der Waals surface area (Å²) in [6.45, 7) is 1.93. The minimum atomic E-state index is -4.94. The number of hydrogen-bond donors (Lipinski definition) is 0. The Morgan fingerprint density at radius 1 is 1.00 bits per heavy atom. The quantitative estimate of drug-likeness (QED) is 0.177. The van der Waals surface area contributed by atoms with Crippen LogP contribution in [0.5, 0.6) is 5.75 Å². The van der Waals surface area contributed by atoms with Gasteiger partial charge in [-0.2, -0.15) is 13.2 Å². The van der Waals surface area contributed by atoms with E-state index >= 15 is 0 Å². The highest BCUT2D eigenvalue weighted by Gasteiger charge is 2.39. The summed E-state index contributed by atoms with van der Waals surface area (Å²) < 4.78 is 51.6. The van der Waals surface area contributed by atoms with Crippen LogP contribution in [0.4, 0.5) is 13.2 Å². The number of ether oxygens (including phenoxy) is 1. The normalized spacial score (nSPS) is 11.8.